The van der Waals surface area contributed by atoms with Crippen LogP contribution in [0.15, 0.2) is 30.3 Å². The zero-order valence-electron chi connectivity index (χ0n) is 9.89. The quantitative estimate of drug-likeness (QED) is 0.793. The zero-order valence-corrected chi connectivity index (χ0v) is 9.89. The maximum absolute atomic E-state index is 9.36. The van der Waals surface area contributed by atoms with E-state index in [-0.39, 0.29) is 12.6 Å². The summed E-state index contributed by atoms with van der Waals surface area (Å²) in [5.41, 5.74) is 1.29. The van der Waals surface area contributed by atoms with Crippen LogP contribution in [0.3, 0.4) is 0 Å². The van der Waals surface area contributed by atoms with Gasteiger partial charge in [-0.25, -0.2) is 0 Å². The van der Waals surface area contributed by atoms with E-state index in [0.717, 1.165) is 12.3 Å². The molecule has 1 aromatic carbocycles. The molecule has 2 rings (SSSR count). The van der Waals surface area contributed by atoms with E-state index in [0.29, 0.717) is 6.04 Å². The number of hydrogen-bond acceptors (Lipinski definition) is 2. The largest absolute Gasteiger partial charge is 0.395 e. The molecule has 2 nitrogen and oxygen atoms in total. The van der Waals surface area contributed by atoms with Crippen molar-refractivity contribution >= 4 is 0 Å². The second-order valence-corrected chi connectivity index (χ2v) is 5.01. The summed E-state index contributed by atoms with van der Waals surface area (Å²) in [7, 11) is 0. The summed E-state index contributed by atoms with van der Waals surface area (Å²) in [6.07, 6.45) is 3.43. The minimum absolute atomic E-state index is 0.208. The monoisotopic (exact) mass is 219 g/mol. The molecule has 0 spiro atoms. The lowest BCUT2D eigenvalue weighted by molar-refractivity contribution is 0.177. The minimum Gasteiger partial charge on any atom is -0.395 e. The van der Waals surface area contributed by atoms with Crippen LogP contribution in [0.25, 0.3) is 0 Å². The average molecular weight is 219 g/mol. The number of aliphatic hydroxyl groups excluding tert-OH is 1. The van der Waals surface area contributed by atoms with Crippen molar-refractivity contribution < 1.29 is 5.11 Å². The van der Waals surface area contributed by atoms with Crippen molar-refractivity contribution in [1.29, 1.82) is 0 Å². The third kappa shape index (κ3) is 3.06. The molecule has 1 atom stereocenters. The number of hydrogen-bond donors (Lipinski definition) is 2. The molecule has 0 amide bonds. The molecule has 88 valence electrons. The molecule has 16 heavy (non-hydrogen) atoms. The first-order valence-corrected chi connectivity index (χ1v) is 6.18. The van der Waals surface area contributed by atoms with Crippen LogP contribution in [0, 0.1) is 5.92 Å². The van der Waals surface area contributed by atoms with Crippen LogP contribution < -0.4 is 5.32 Å². The Morgan fingerprint density at radius 2 is 2.00 bits per heavy atom. The molecule has 0 aromatic heterocycles. The van der Waals surface area contributed by atoms with Gasteiger partial charge >= 0.3 is 0 Å². The molecule has 0 unspecified atom stereocenters. The summed E-state index contributed by atoms with van der Waals surface area (Å²) < 4.78 is 0. The summed E-state index contributed by atoms with van der Waals surface area (Å²) in [6.45, 7) is 2.50. The maximum Gasteiger partial charge on any atom is 0.0587 e. The molecular weight excluding hydrogens is 198 g/mol. The Morgan fingerprint density at radius 1 is 1.31 bits per heavy atom. The van der Waals surface area contributed by atoms with Gasteiger partial charge in [-0.1, -0.05) is 37.3 Å². The molecule has 0 bridgehead atoms. The summed E-state index contributed by atoms with van der Waals surface area (Å²) >= 11 is 0. The SMILES string of the molecule is CC1CC(N[C@H](CO)Cc2ccccc2)C1. The van der Waals surface area contributed by atoms with Crippen LogP contribution >= 0.6 is 0 Å². The van der Waals surface area contributed by atoms with Gasteiger partial charge in [0.25, 0.3) is 0 Å². The van der Waals surface area contributed by atoms with Crippen molar-refractivity contribution in [3.63, 3.8) is 0 Å². The van der Waals surface area contributed by atoms with Crippen molar-refractivity contribution in [3.05, 3.63) is 35.9 Å². The topological polar surface area (TPSA) is 32.3 Å². The highest BCUT2D eigenvalue weighted by Crippen LogP contribution is 2.26. The Hall–Kier alpha value is -0.860. The highest BCUT2D eigenvalue weighted by molar-refractivity contribution is 5.16. The van der Waals surface area contributed by atoms with E-state index < -0.39 is 0 Å². The molecule has 1 saturated carbocycles. The number of rotatable bonds is 5. The fourth-order valence-corrected chi connectivity index (χ4v) is 2.45. The van der Waals surface area contributed by atoms with E-state index in [9.17, 15) is 5.11 Å². The number of benzene rings is 1. The average Bonchev–Trinajstić information content (AvgIpc) is 2.27. The molecule has 2 N–H and O–H groups in total. The maximum atomic E-state index is 9.36. The predicted octanol–water partition coefficient (Wildman–Crippen LogP) is 1.98. The smallest absolute Gasteiger partial charge is 0.0587 e. The van der Waals surface area contributed by atoms with Gasteiger partial charge in [-0.3, -0.25) is 0 Å². The van der Waals surface area contributed by atoms with Crippen molar-refractivity contribution in [1.82, 2.24) is 5.32 Å². The van der Waals surface area contributed by atoms with Crippen LogP contribution in [-0.2, 0) is 6.42 Å². The molecule has 0 radical (unpaired) electrons. The van der Waals surface area contributed by atoms with Crippen LogP contribution in [0.4, 0.5) is 0 Å². The van der Waals surface area contributed by atoms with E-state index >= 15 is 0 Å². The van der Waals surface area contributed by atoms with E-state index in [1.165, 1.54) is 18.4 Å². The lowest BCUT2D eigenvalue weighted by Crippen LogP contribution is -2.47. The van der Waals surface area contributed by atoms with Gasteiger partial charge in [0.05, 0.1) is 6.61 Å². The highest BCUT2D eigenvalue weighted by Gasteiger charge is 2.26. The third-order valence-corrected chi connectivity index (χ3v) is 3.39. The first-order valence-electron chi connectivity index (χ1n) is 6.18. The Balaban J connectivity index is 1.81. The minimum atomic E-state index is 0.208. The van der Waals surface area contributed by atoms with Gasteiger partial charge in [0.15, 0.2) is 0 Å². The van der Waals surface area contributed by atoms with Gasteiger partial charge in [-0.2, -0.15) is 0 Å². The van der Waals surface area contributed by atoms with Gasteiger partial charge in [0.1, 0.15) is 0 Å². The molecule has 0 heterocycles. The lowest BCUT2D eigenvalue weighted by Gasteiger charge is -2.36. The normalized spacial score (nSPS) is 26.1. The van der Waals surface area contributed by atoms with E-state index in [2.05, 4.69) is 36.5 Å². The van der Waals surface area contributed by atoms with Gasteiger partial charge in [-0.15, -0.1) is 0 Å². The van der Waals surface area contributed by atoms with Crippen LogP contribution in [0.5, 0.6) is 0 Å². The van der Waals surface area contributed by atoms with E-state index in [1.807, 2.05) is 6.07 Å². The third-order valence-electron chi connectivity index (χ3n) is 3.39. The zero-order chi connectivity index (χ0) is 11.4. The van der Waals surface area contributed by atoms with Crippen molar-refractivity contribution in [2.24, 2.45) is 5.92 Å². The van der Waals surface area contributed by atoms with Gasteiger partial charge in [0.2, 0.25) is 0 Å². The lowest BCUT2D eigenvalue weighted by atomic mass is 9.81. The van der Waals surface area contributed by atoms with E-state index in [4.69, 9.17) is 0 Å². The molecule has 1 aliphatic carbocycles. The summed E-state index contributed by atoms with van der Waals surface area (Å²) in [6, 6.07) is 11.2. The fraction of sp³-hybridized carbons (Fsp3) is 0.571. The highest BCUT2D eigenvalue weighted by atomic mass is 16.3. The standard InChI is InChI=1S/C14H21NO/c1-11-7-13(8-11)15-14(10-16)9-12-5-3-2-4-6-12/h2-6,11,13-16H,7-10H2,1H3/t11?,13?,14-/m0/s1. The first kappa shape index (κ1) is 11.6. The Bertz CT molecular complexity index is 306. The van der Waals surface area contributed by atoms with Gasteiger partial charge in [0, 0.05) is 12.1 Å². The fourth-order valence-electron chi connectivity index (χ4n) is 2.45. The molecule has 2 heteroatoms. The first-order chi connectivity index (χ1) is 7.78. The predicted molar refractivity (Wildman–Crippen MR) is 66.3 cm³/mol. The van der Waals surface area contributed by atoms with Crippen molar-refractivity contribution in [2.45, 2.75) is 38.3 Å². The Kier molecular flexibility index (Phi) is 3.97. The van der Waals surface area contributed by atoms with Crippen LogP contribution in [0.1, 0.15) is 25.3 Å². The molecule has 1 aliphatic rings. The summed E-state index contributed by atoms with van der Waals surface area (Å²) in [5, 5.41) is 12.9. The Morgan fingerprint density at radius 3 is 2.56 bits per heavy atom. The van der Waals surface area contributed by atoms with E-state index in [1.54, 1.807) is 0 Å². The summed E-state index contributed by atoms with van der Waals surface area (Å²) in [4.78, 5) is 0. The van der Waals surface area contributed by atoms with Gasteiger partial charge in [-0.05, 0) is 30.7 Å². The molecule has 0 aliphatic heterocycles. The molecule has 0 saturated heterocycles. The van der Waals surface area contributed by atoms with Crippen LogP contribution in [-0.4, -0.2) is 23.8 Å². The van der Waals surface area contributed by atoms with Crippen molar-refractivity contribution in [3.8, 4) is 0 Å². The summed E-state index contributed by atoms with van der Waals surface area (Å²) in [5.74, 6) is 0.855. The van der Waals surface area contributed by atoms with Gasteiger partial charge < -0.3 is 10.4 Å². The van der Waals surface area contributed by atoms with Crippen molar-refractivity contribution in [2.75, 3.05) is 6.61 Å². The molecular formula is C14H21NO. The molecule has 1 fully saturated rings. The second kappa shape index (κ2) is 5.46. The Labute approximate surface area is 97.7 Å². The number of aliphatic hydroxyl groups is 1. The second-order valence-electron chi connectivity index (χ2n) is 5.01. The number of nitrogens with one attached hydrogen (secondary N) is 1. The van der Waals surface area contributed by atoms with Crippen LogP contribution in [0.2, 0.25) is 0 Å². The molecule has 1 aromatic rings.